The van der Waals surface area contributed by atoms with E-state index in [0.717, 1.165) is 15.8 Å². The molecule has 1 aromatic rings. The summed E-state index contributed by atoms with van der Waals surface area (Å²) in [7, 11) is 1.38. The van der Waals surface area contributed by atoms with E-state index in [1.807, 2.05) is 6.07 Å². The van der Waals surface area contributed by atoms with Crippen LogP contribution in [0.15, 0.2) is 22.7 Å². The van der Waals surface area contributed by atoms with Crippen LogP contribution in [-0.4, -0.2) is 24.7 Å². The average Bonchev–Trinajstić information content (AvgIpc) is 2.43. The second kappa shape index (κ2) is 8.19. The smallest absolute Gasteiger partial charge is 0.306 e. The molecule has 0 radical (unpaired) electrons. The van der Waals surface area contributed by atoms with Crippen LogP contribution >= 0.6 is 27.7 Å². The summed E-state index contributed by atoms with van der Waals surface area (Å²) in [5.41, 5.74) is 3.64. The van der Waals surface area contributed by atoms with Crippen LogP contribution in [0, 0.1) is 0 Å². The molecule has 0 aliphatic carbocycles. The molecule has 0 saturated heterocycles. The molecule has 0 bridgehead atoms. The summed E-state index contributed by atoms with van der Waals surface area (Å²) >= 11 is 5.04. The van der Waals surface area contributed by atoms with Gasteiger partial charge >= 0.3 is 5.97 Å². The largest absolute Gasteiger partial charge is 0.469 e. The molecule has 0 spiro atoms. The molecule has 0 fully saturated rings. The van der Waals surface area contributed by atoms with Crippen molar-refractivity contribution in [2.75, 3.05) is 12.9 Å². The van der Waals surface area contributed by atoms with Crippen molar-refractivity contribution in [2.45, 2.75) is 12.2 Å². The number of thioether (sulfide) groups is 1. The second-order valence-electron chi connectivity index (χ2n) is 3.66. The molecular formula is C12H15BrN2O3S. The summed E-state index contributed by atoms with van der Waals surface area (Å²) in [6.45, 7) is 0. The van der Waals surface area contributed by atoms with Gasteiger partial charge in [-0.3, -0.25) is 15.0 Å². The van der Waals surface area contributed by atoms with Gasteiger partial charge < -0.3 is 4.74 Å². The van der Waals surface area contributed by atoms with Gasteiger partial charge in [0.25, 0.3) is 5.91 Å². The Kier molecular flexibility index (Phi) is 6.90. The number of halogens is 1. The Morgan fingerprint density at radius 1 is 1.47 bits per heavy atom. The normalized spacial score (nSPS) is 10.1. The van der Waals surface area contributed by atoms with Gasteiger partial charge in [0.1, 0.15) is 0 Å². The lowest BCUT2D eigenvalue weighted by molar-refractivity contribution is -0.140. The number of rotatable bonds is 6. The fourth-order valence-corrected chi connectivity index (χ4v) is 2.96. The molecule has 0 aliphatic rings. The van der Waals surface area contributed by atoms with E-state index in [2.05, 4.69) is 26.1 Å². The Labute approximate surface area is 124 Å². The zero-order chi connectivity index (χ0) is 14.3. The third-order valence-corrected chi connectivity index (χ3v) is 4.13. The molecule has 0 aliphatic heterocycles. The molecule has 19 heavy (non-hydrogen) atoms. The molecule has 0 aromatic heterocycles. The molecule has 0 heterocycles. The number of methoxy groups -OCH3 is 1. The number of ether oxygens (including phenoxy) is 1. The number of benzene rings is 1. The molecule has 104 valence electrons. The van der Waals surface area contributed by atoms with Gasteiger partial charge in [0.15, 0.2) is 0 Å². The van der Waals surface area contributed by atoms with E-state index in [-0.39, 0.29) is 11.9 Å². The summed E-state index contributed by atoms with van der Waals surface area (Å²) in [6, 6.07) is 5.29. The van der Waals surface area contributed by atoms with Gasteiger partial charge in [0.05, 0.1) is 13.5 Å². The van der Waals surface area contributed by atoms with E-state index in [1.54, 1.807) is 23.9 Å². The first-order chi connectivity index (χ1) is 9.08. The Hall–Kier alpha value is -1.05. The van der Waals surface area contributed by atoms with Crippen molar-refractivity contribution >= 4 is 39.6 Å². The average molecular weight is 347 g/mol. The molecule has 0 saturated carbocycles. The number of carbonyl (C=O) groups excluding carboxylic acids is 2. The maximum atomic E-state index is 11.3. The van der Waals surface area contributed by atoms with Gasteiger partial charge in [-0.25, -0.2) is 5.84 Å². The highest BCUT2D eigenvalue weighted by molar-refractivity contribution is 9.10. The highest BCUT2D eigenvalue weighted by Gasteiger charge is 2.07. The first-order valence-corrected chi connectivity index (χ1v) is 7.47. The lowest BCUT2D eigenvalue weighted by atomic mass is 10.1. The molecule has 1 rings (SSSR count). The van der Waals surface area contributed by atoms with Gasteiger partial charge in [0.2, 0.25) is 0 Å². The standard InChI is InChI=1S/C12H15BrN2O3S/c1-18-11(16)4-5-19-7-9-3-2-8(6-10(9)13)12(17)15-14/h2-3,6H,4-5,7,14H2,1H3,(H,15,17). The molecule has 5 nitrogen and oxygen atoms in total. The van der Waals surface area contributed by atoms with Crippen LogP contribution in [0.25, 0.3) is 0 Å². The van der Waals surface area contributed by atoms with Crippen LogP contribution in [-0.2, 0) is 15.3 Å². The van der Waals surface area contributed by atoms with E-state index in [1.165, 1.54) is 7.11 Å². The molecule has 0 unspecified atom stereocenters. The predicted octanol–water partition coefficient (Wildman–Crippen LogP) is 1.85. The molecule has 0 atom stereocenters. The van der Waals surface area contributed by atoms with E-state index < -0.39 is 0 Å². The van der Waals surface area contributed by atoms with Crippen molar-refractivity contribution in [3.8, 4) is 0 Å². The van der Waals surface area contributed by atoms with Crippen molar-refractivity contribution in [3.05, 3.63) is 33.8 Å². The monoisotopic (exact) mass is 346 g/mol. The first kappa shape index (κ1) is 16.0. The van der Waals surface area contributed by atoms with Gasteiger partial charge in [-0.05, 0) is 17.7 Å². The predicted molar refractivity (Wildman–Crippen MR) is 78.6 cm³/mol. The third kappa shape index (κ3) is 5.22. The highest BCUT2D eigenvalue weighted by atomic mass is 79.9. The summed E-state index contributed by atoms with van der Waals surface area (Å²) in [5.74, 6) is 5.98. The molecule has 3 N–H and O–H groups in total. The highest BCUT2D eigenvalue weighted by Crippen LogP contribution is 2.23. The number of hydrogen-bond acceptors (Lipinski definition) is 5. The topological polar surface area (TPSA) is 81.4 Å². The van der Waals surface area contributed by atoms with Gasteiger partial charge in [-0.2, -0.15) is 11.8 Å². The Bertz CT molecular complexity index is 468. The fraction of sp³-hybridized carbons (Fsp3) is 0.333. The second-order valence-corrected chi connectivity index (χ2v) is 5.62. The zero-order valence-electron chi connectivity index (χ0n) is 10.4. The lowest BCUT2D eigenvalue weighted by Gasteiger charge is -2.06. The van der Waals surface area contributed by atoms with Gasteiger partial charge in [0, 0.05) is 21.5 Å². The van der Waals surface area contributed by atoms with Crippen LogP contribution in [0.5, 0.6) is 0 Å². The summed E-state index contributed by atoms with van der Waals surface area (Å²) in [4.78, 5) is 22.3. The molecular weight excluding hydrogens is 332 g/mol. The van der Waals surface area contributed by atoms with Crippen molar-refractivity contribution in [1.29, 1.82) is 0 Å². The maximum absolute atomic E-state index is 11.3. The summed E-state index contributed by atoms with van der Waals surface area (Å²) < 4.78 is 5.41. The van der Waals surface area contributed by atoms with Crippen molar-refractivity contribution in [3.63, 3.8) is 0 Å². The number of amides is 1. The molecule has 7 heteroatoms. The van der Waals surface area contributed by atoms with E-state index >= 15 is 0 Å². The summed E-state index contributed by atoms with van der Waals surface area (Å²) in [6.07, 6.45) is 0.395. The third-order valence-electron chi connectivity index (χ3n) is 2.38. The Balaban J connectivity index is 2.51. The zero-order valence-corrected chi connectivity index (χ0v) is 12.8. The lowest BCUT2D eigenvalue weighted by Crippen LogP contribution is -2.29. The van der Waals surface area contributed by atoms with Gasteiger partial charge in [-0.1, -0.05) is 22.0 Å². The van der Waals surface area contributed by atoms with Crippen LogP contribution in [0.2, 0.25) is 0 Å². The number of hydrogen-bond donors (Lipinski definition) is 2. The van der Waals surface area contributed by atoms with E-state index in [0.29, 0.717) is 17.7 Å². The maximum Gasteiger partial charge on any atom is 0.306 e. The molecule has 1 aromatic carbocycles. The first-order valence-electron chi connectivity index (χ1n) is 5.52. The van der Waals surface area contributed by atoms with E-state index in [4.69, 9.17) is 5.84 Å². The SMILES string of the molecule is COC(=O)CCSCc1ccc(C(=O)NN)cc1Br. The minimum absolute atomic E-state index is 0.207. The quantitative estimate of drug-likeness (QED) is 0.270. The number of nitrogens with one attached hydrogen (secondary N) is 1. The van der Waals surface area contributed by atoms with Crippen LogP contribution in [0.3, 0.4) is 0 Å². The number of carbonyl (C=O) groups is 2. The van der Waals surface area contributed by atoms with Crippen LogP contribution in [0.4, 0.5) is 0 Å². The van der Waals surface area contributed by atoms with E-state index in [9.17, 15) is 9.59 Å². The van der Waals surface area contributed by atoms with Crippen LogP contribution in [0.1, 0.15) is 22.3 Å². The number of esters is 1. The Morgan fingerprint density at radius 3 is 2.79 bits per heavy atom. The minimum Gasteiger partial charge on any atom is -0.469 e. The van der Waals surface area contributed by atoms with Crippen LogP contribution < -0.4 is 11.3 Å². The number of nitrogen functional groups attached to an aromatic ring is 1. The number of nitrogens with two attached hydrogens (primary N) is 1. The minimum atomic E-state index is -0.328. The molecule has 1 amide bonds. The number of hydrazine groups is 1. The fourth-order valence-electron chi connectivity index (χ4n) is 1.33. The Morgan fingerprint density at radius 2 is 2.21 bits per heavy atom. The van der Waals surface area contributed by atoms with Crippen molar-refractivity contribution in [2.24, 2.45) is 5.84 Å². The van der Waals surface area contributed by atoms with Crippen molar-refractivity contribution < 1.29 is 14.3 Å². The van der Waals surface area contributed by atoms with Gasteiger partial charge in [-0.15, -0.1) is 0 Å². The van der Waals surface area contributed by atoms with Crippen molar-refractivity contribution in [1.82, 2.24) is 5.43 Å². The summed E-state index contributed by atoms with van der Waals surface area (Å²) in [5, 5.41) is 0.